The highest BCUT2D eigenvalue weighted by molar-refractivity contribution is 6.11. The number of furan rings is 1. The highest BCUT2D eigenvalue weighted by Gasteiger charge is 2.28. The van der Waals surface area contributed by atoms with E-state index in [1.807, 2.05) is 42.5 Å². The maximum Gasteiger partial charge on any atom is 0.280 e. The molecule has 2 aromatic carbocycles. The number of hydrogen-bond donors (Lipinski definition) is 1. The molecule has 0 saturated carbocycles. The van der Waals surface area contributed by atoms with Crippen LogP contribution >= 0.6 is 0 Å². The van der Waals surface area contributed by atoms with E-state index < -0.39 is 11.5 Å². The predicted octanol–water partition coefficient (Wildman–Crippen LogP) is 4.34. The molecule has 2 heterocycles. The van der Waals surface area contributed by atoms with Crippen LogP contribution in [-0.4, -0.2) is 21.5 Å². The fourth-order valence-electron chi connectivity index (χ4n) is 3.86. The lowest BCUT2D eigenvalue weighted by atomic mass is 9.95. The van der Waals surface area contributed by atoms with Crippen LogP contribution in [0.5, 0.6) is 0 Å². The lowest BCUT2D eigenvalue weighted by molar-refractivity contribution is 0.101. The van der Waals surface area contributed by atoms with Crippen molar-refractivity contribution in [2.24, 2.45) is 7.05 Å². The molecule has 0 atom stereocenters. The molecule has 0 aliphatic heterocycles. The van der Waals surface area contributed by atoms with E-state index in [-0.39, 0.29) is 34.1 Å². The van der Waals surface area contributed by atoms with E-state index in [2.05, 4.69) is 10.4 Å². The molecular weight excluding hydrogens is 432 g/mol. The minimum atomic E-state index is -0.778. The average Bonchev–Trinajstić information content (AvgIpc) is 3.16. The summed E-state index contributed by atoms with van der Waals surface area (Å²) < 4.78 is 6.62. The summed E-state index contributed by atoms with van der Waals surface area (Å²) in [6, 6.07) is 20.1. The van der Waals surface area contributed by atoms with E-state index in [0.29, 0.717) is 16.8 Å². The molecule has 2 aromatic heterocycles. The van der Waals surface area contributed by atoms with Gasteiger partial charge in [-0.25, -0.2) is 4.68 Å². The number of aromatic nitrogens is 2. The number of Topliss-reactive ketones (excluding diaryl/α,β-unsaturated/α-hetero) is 1. The molecule has 0 spiro atoms. The lowest BCUT2D eigenvalue weighted by Crippen LogP contribution is -2.31. The third-order valence-corrected chi connectivity index (χ3v) is 5.36. The number of ketones is 1. The Labute approximate surface area is 195 Å². The van der Waals surface area contributed by atoms with Crippen LogP contribution in [0.3, 0.4) is 0 Å². The number of carbonyl (C=O) groups excluding carboxylic acids is 2. The van der Waals surface area contributed by atoms with Gasteiger partial charge in [0.2, 0.25) is 5.88 Å². The van der Waals surface area contributed by atoms with Crippen LogP contribution in [-0.2, 0) is 7.05 Å². The van der Waals surface area contributed by atoms with Crippen LogP contribution in [0.25, 0.3) is 22.4 Å². The van der Waals surface area contributed by atoms with E-state index >= 15 is 0 Å². The fourth-order valence-corrected chi connectivity index (χ4v) is 3.86. The zero-order valence-electron chi connectivity index (χ0n) is 18.7. The molecule has 34 heavy (non-hydrogen) atoms. The van der Waals surface area contributed by atoms with Gasteiger partial charge in [-0.2, -0.15) is 10.4 Å². The van der Waals surface area contributed by atoms with Crippen molar-refractivity contribution in [3.05, 3.63) is 93.5 Å². The van der Waals surface area contributed by atoms with Crippen LogP contribution in [0.4, 0.5) is 5.88 Å². The molecule has 8 heteroatoms. The molecule has 8 nitrogen and oxygen atoms in total. The van der Waals surface area contributed by atoms with Gasteiger partial charge in [-0.05, 0) is 19.4 Å². The van der Waals surface area contributed by atoms with Crippen molar-refractivity contribution in [2.45, 2.75) is 13.8 Å². The summed E-state index contributed by atoms with van der Waals surface area (Å²) in [4.78, 5) is 38.7. The predicted molar refractivity (Wildman–Crippen MR) is 126 cm³/mol. The van der Waals surface area contributed by atoms with Crippen molar-refractivity contribution in [3.63, 3.8) is 0 Å². The molecule has 1 amide bonds. The summed E-state index contributed by atoms with van der Waals surface area (Å²) in [6.07, 6.45) is 0. The quantitative estimate of drug-likeness (QED) is 0.450. The molecule has 0 radical (unpaired) electrons. The van der Waals surface area contributed by atoms with Gasteiger partial charge >= 0.3 is 0 Å². The first-order valence-electron chi connectivity index (χ1n) is 10.4. The molecule has 0 aliphatic carbocycles. The van der Waals surface area contributed by atoms with Crippen LogP contribution < -0.4 is 10.9 Å². The van der Waals surface area contributed by atoms with Gasteiger partial charge in [0.15, 0.2) is 5.78 Å². The molecule has 0 aliphatic rings. The Morgan fingerprint density at radius 1 is 1.00 bits per heavy atom. The highest BCUT2D eigenvalue weighted by atomic mass is 16.4. The van der Waals surface area contributed by atoms with Gasteiger partial charge in [0.1, 0.15) is 23.0 Å². The highest BCUT2D eigenvalue weighted by Crippen LogP contribution is 2.33. The second-order valence-corrected chi connectivity index (χ2v) is 7.62. The molecule has 0 unspecified atom stereocenters. The molecule has 0 saturated heterocycles. The van der Waals surface area contributed by atoms with E-state index in [0.717, 1.165) is 10.2 Å². The lowest BCUT2D eigenvalue weighted by Gasteiger charge is -2.15. The van der Waals surface area contributed by atoms with Crippen LogP contribution in [0.2, 0.25) is 0 Å². The monoisotopic (exact) mass is 452 g/mol. The second kappa shape index (κ2) is 9.00. The number of nitriles is 1. The number of anilines is 1. The van der Waals surface area contributed by atoms with Crippen molar-refractivity contribution >= 4 is 17.6 Å². The Hall–Kier alpha value is -4.77. The number of aryl methyl sites for hydroxylation is 2. The van der Waals surface area contributed by atoms with Crippen molar-refractivity contribution in [1.82, 2.24) is 9.78 Å². The molecule has 4 aromatic rings. The maximum atomic E-state index is 13.5. The topological polar surface area (TPSA) is 118 Å². The van der Waals surface area contributed by atoms with Gasteiger partial charge in [0, 0.05) is 18.2 Å². The molecular formula is C26H20N4O4. The summed E-state index contributed by atoms with van der Waals surface area (Å²) in [6.45, 7) is 2.84. The number of nitrogens with zero attached hydrogens (tertiary/aromatic N) is 3. The van der Waals surface area contributed by atoms with Gasteiger partial charge in [0.25, 0.3) is 11.5 Å². The van der Waals surface area contributed by atoms with Crippen LogP contribution in [0, 0.1) is 18.3 Å². The first-order chi connectivity index (χ1) is 16.3. The Morgan fingerprint density at radius 3 is 2.15 bits per heavy atom. The van der Waals surface area contributed by atoms with Crippen molar-refractivity contribution in [3.8, 4) is 28.5 Å². The summed E-state index contributed by atoms with van der Waals surface area (Å²) in [5.41, 5.74) is 1.35. The Kier molecular flexibility index (Phi) is 5.94. The van der Waals surface area contributed by atoms with Gasteiger partial charge < -0.3 is 4.42 Å². The minimum absolute atomic E-state index is 0.0891. The summed E-state index contributed by atoms with van der Waals surface area (Å²) in [7, 11) is 1.46. The van der Waals surface area contributed by atoms with Crippen molar-refractivity contribution in [1.29, 1.82) is 5.26 Å². The third kappa shape index (κ3) is 3.91. The van der Waals surface area contributed by atoms with Gasteiger partial charge in [-0.1, -0.05) is 60.7 Å². The van der Waals surface area contributed by atoms with E-state index in [1.165, 1.54) is 20.9 Å². The van der Waals surface area contributed by atoms with E-state index in [1.54, 1.807) is 24.3 Å². The molecule has 4 rings (SSSR count). The summed E-state index contributed by atoms with van der Waals surface area (Å²) in [5.74, 6) is -1.13. The van der Waals surface area contributed by atoms with Gasteiger partial charge in [0.05, 0.1) is 11.3 Å². The maximum absolute atomic E-state index is 13.5. The zero-order valence-corrected chi connectivity index (χ0v) is 18.7. The number of amides is 1. The van der Waals surface area contributed by atoms with Crippen molar-refractivity contribution < 1.29 is 14.0 Å². The minimum Gasteiger partial charge on any atom is -0.443 e. The fraction of sp³-hybridized carbons (Fsp3) is 0.115. The SMILES string of the molecule is CC(=O)c1c(C)oc(NC(=O)c2c(-c3ccccc3)c(-c3ccccc3)nn(C)c2=O)c1C#N. The van der Waals surface area contributed by atoms with Crippen LogP contribution in [0.15, 0.2) is 69.9 Å². The Morgan fingerprint density at radius 2 is 1.59 bits per heavy atom. The number of rotatable bonds is 5. The average molecular weight is 452 g/mol. The number of benzene rings is 2. The normalized spacial score (nSPS) is 10.5. The van der Waals surface area contributed by atoms with E-state index in [9.17, 15) is 19.6 Å². The molecule has 0 fully saturated rings. The van der Waals surface area contributed by atoms with Crippen molar-refractivity contribution in [2.75, 3.05) is 5.32 Å². The van der Waals surface area contributed by atoms with Crippen LogP contribution in [0.1, 0.15) is 39.0 Å². The number of nitrogens with one attached hydrogen (secondary N) is 1. The van der Waals surface area contributed by atoms with E-state index in [4.69, 9.17) is 4.42 Å². The zero-order chi connectivity index (χ0) is 24.4. The largest absolute Gasteiger partial charge is 0.443 e. The first-order valence-corrected chi connectivity index (χ1v) is 10.4. The third-order valence-electron chi connectivity index (χ3n) is 5.36. The summed E-state index contributed by atoms with van der Waals surface area (Å²) >= 11 is 0. The first kappa shape index (κ1) is 22.4. The Balaban J connectivity index is 1.96. The Bertz CT molecular complexity index is 1510. The summed E-state index contributed by atoms with van der Waals surface area (Å²) in [5, 5.41) is 16.6. The van der Waals surface area contributed by atoms with Gasteiger partial charge in [-0.15, -0.1) is 0 Å². The standard InChI is InChI=1S/C26H20N4O4/c1-15(31)20-16(2)34-25(19(20)14-27)28-24(32)22-21(17-10-6-4-7-11-17)23(29-30(3)26(22)33)18-12-8-5-9-13-18/h4-13H,1-3H3,(H,28,32). The number of hydrogen-bond acceptors (Lipinski definition) is 6. The smallest absolute Gasteiger partial charge is 0.280 e. The molecule has 168 valence electrons. The second-order valence-electron chi connectivity index (χ2n) is 7.62. The molecule has 0 bridgehead atoms. The molecule has 1 N–H and O–H groups in total. The number of carbonyl (C=O) groups is 2. The van der Waals surface area contributed by atoms with Gasteiger partial charge in [-0.3, -0.25) is 19.7 Å².